The number of nitrogens with zero attached hydrogens (tertiary/aromatic N) is 1. The van der Waals surface area contributed by atoms with Crippen molar-refractivity contribution in [3.05, 3.63) is 77.3 Å². The molecule has 1 aliphatic heterocycles. The minimum Gasteiger partial charge on any atom is -0.478 e. The molecule has 1 atom stereocenters. The summed E-state index contributed by atoms with van der Waals surface area (Å²) in [4.78, 5) is 13.2. The maximum Gasteiger partial charge on any atom is 0.335 e. The highest BCUT2D eigenvalue weighted by molar-refractivity contribution is 5.90. The number of allylic oxidation sites excluding steroid dienone is 3. The molecule has 1 unspecified atom stereocenters. The van der Waals surface area contributed by atoms with E-state index in [-0.39, 0.29) is 11.4 Å². The first-order chi connectivity index (χ1) is 12.4. The highest BCUT2D eigenvalue weighted by Gasteiger charge is 2.29. The van der Waals surface area contributed by atoms with E-state index in [0.717, 1.165) is 11.3 Å². The molecule has 0 spiro atoms. The van der Waals surface area contributed by atoms with Gasteiger partial charge in [0, 0.05) is 17.5 Å². The molecular formula is C20H19FN2O3. The molecule has 0 saturated carbocycles. The molecule has 0 bridgehead atoms. The van der Waals surface area contributed by atoms with Crippen molar-refractivity contribution in [3.63, 3.8) is 0 Å². The van der Waals surface area contributed by atoms with Crippen LogP contribution in [0.5, 0.6) is 11.5 Å². The van der Waals surface area contributed by atoms with Crippen LogP contribution in [0.3, 0.4) is 0 Å². The number of carboxylic acid groups (broad SMARTS) is 1. The first-order valence-corrected chi connectivity index (χ1v) is 8.07. The van der Waals surface area contributed by atoms with Crippen molar-refractivity contribution in [1.29, 1.82) is 0 Å². The number of hydrogen-bond donors (Lipinski definition) is 2. The van der Waals surface area contributed by atoms with Crippen molar-refractivity contribution in [2.75, 3.05) is 4.90 Å². The molecule has 6 heteroatoms. The van der Waals surface area contributed by atoms with Gasteiger partial charge < -0.3 is 20.5 Å². The largest absolute Gasteiger partial charge is 0.478 e. The van der Waals surface area contributed by atoms with E-state index in [1.54, 1.807) is 29.2 Å². The number of carbonyl (C=O) groups is 1. The molecule has 134 valence electrons. The second kappa shape index (κ2) is 7.01. The van der Waals surface area contributed by atoms with Crippen LogP contribution in [0.2, 0.25) is 0 Å². The van der Waals surface area contributed by atoms with E-state index < -0.39 is 12.1 Å². The van der Waals surface area contributed by atoms with Crippen molar-refractivity contribution in [1.82, 2.24) is 0 Å². The van der Waals surface area contributed by atoms with Gasteiger partial charge in [-0.05, 0) is 61.9 Å². The fourth-order valence-electron chi connectivity index (χ4n) is 2.84. The predicted molar refractivity (Wildman–Crippen MR) is 97.5 cm³/mol. The predicted octanol–water partition coefficient (Wildman–Crippen LogP) is 4.03. The number of benzene rings is 2. The van der Waals surface area contributed by atoms with Gasteiger partial charge in [0.25, 0.3) is 0 Å². The topological polar surface area (TPSA) is 75.8 Å². The normalized spacial score (nSPS) is 17.2. The highest BCUT2D eigenvalue weighted by atomic mass is 19.1. The number of anilines is 1. The van der Waals surface area contributed by atoms with Crippen LogP contribution in [0.4, 0.5) is 10.1 Å². The Kier molecular flexibility index (Phi) is 4.77. The Labute approximate surface area is 150 Å². The van der Waals surface area contributed by atoms with Gasteiger partial charge in [0.2, 0.25) is 0 Å². The van der Waals surface area contributed by atoms with E-state index in [9.17, 15) is 14.3 Å². The van der Waals surface area contributed by atoms with E-state index in [1.807, 2.05) is 19.9 Å². The molecule has 26 heavy (non-hydrogen) atoms. The molecule has 0 fully saturated rings. The first kappa shape index (κ1) is 17.7. The number of hydrogen-bond acceptors (Lipinski definition) is 4. The molecule has 3 rings (SSSR count). The van der Waals surface area contributed by atoms with Gasteiger partial charge in [0.1, 0.15) is 23.5 Å². The monoisotopic (exact) mass is 354 g/mol. The van der Waals surface area contributed by atoms with Crippen LogP contribution in [-0.4, -0.2) is 17.2 Å². The second-order valence-corrected chi connectivity index (χ2v) is 6.04. The molecule has 5 nitrogen and oxygen atoms in total. The molecule has 2 aromatic carbocycles. The molecular weight excluding hydrogens is 335 g/mol. The van der Waals surface area contributed by atoms with E-state index >= 15 is 0 Å². The Morgan fingerprint density at radius 2 is 1.85 bits per heavy atom. The van der Waals surface area contributed by atoms with Crippen LogP contribution < -0.4 is 15.4 Å². The van der Waals surface area contributed by atoms with E-state index in [4.69, 9.17) is 10.5 Å². The SMILES string of the molecule is CC1=C(C)N(c2cccc(Oc3ccc(F)cc3)c2)C(N)C(C(=O)O)=C1. The lowest BCUT2D eigenvalue weighted by molar-refractivity contribution is -0.132. The zero-order chi connectivity index (χ0) is 18.8. The van der Waals surface area contributed by atoms with Gasteiger partial charge in [0.15, 0.2) is 0 Å². The lowest BCUT2D eigenvalue weighted by atomic mass is 10.0. The third-order valence-corrected chi connectivity index (χ3v) is 4.29. The summed E-state index contributed by atoms with van der Waals surface area (Å²) in [6.45, 7) is 3.73. The standard InChI is InChI=1S/C20H19FN2O3/c1-12-10-18(20(24)25)19(22)23(13(12)2)15-4-3-5-17(11-15)26-16-8-6-14(21)7-9-16/h3-11,19H,22H2,1-2H3,(H,24,25). The zero-order valence-electron chi connectivity index (χ0n) is 14.4. The molecule has 0 aliphatic carbocycles. The zero-order valence-corrected chi connectivity index (χ0v) is 14.4. The Bertz CT molecular complexity index is 904. The molecule has 1 heterocycles. The summed E-state index contributed by atoms with van der Waals surface area (Å²) in [7, 11) is 0. The summed E-state index contributed by atoms with van der Waals surface area (Å²) >= 11 is 0. The molecule has 1 aliphatic rings. The third kappa shape index (κ3) is 3.45. The van der Waals surface area contributed by atoms with Crippen LogP contribution in [-0.2, 0) is 4.79 Å². The Morgan fingerprint density at radius 1 is 1.15 bits per heavy atom. The van der Waals surface area contributed by atoms with Gasteiger partial charge >= 0.3 is 5.97 Å². The lowest BCUT2D eigenvalue weighted by Crippen LogP contribution is -2.46. The quantitative estimate of drug-likeness (QED) is 0.867. The highest BCUT2D eigenvalue weighted by Crippen LogP contribution is 2.33. The lowest BCUT2D eigenvalue weighted by Gasteiger charge is -2.36. The third-order valence-electron chi connectivity index (χ3n) is 4.29. The minimum atomic E-state index is -1.05. The molecule has 0 amide bonds. The van der Waals surface area contributed by atoms with Gasteiger partial charge in [-0.3, -0.25) is 0 Å². The van der Waals surface area contributed by atoms with Crippen molar-refractivity contribution >= 4 is 11.7 Å². The smallest absolute Gasteiger partial charge is 0.335 e. The van der Waals surface area contributed by atoms with Crippen molar-refractivity contribution < 1.29 is 19.0 Å². The van der Waals surface area contributed by atoms with Gasteiger partial charge in [-0.25, -0.2) is 9.18 Å². The number of ether oxygens (including phenoxy) is 1. The van der Waals surface area contributed by atoms with Crippen molar-refractivity contribution in [2.45, 2.75) is 20.0 Å². The van der Waals surface area contributed by atoms with E-state index in [2.05, 4.69) is 0 Å². The summed E-state index contributed by atoms with van der Waals surface area (Å²) in [5.41, 5.74) is 8.71. The average Bonchev–Trinajstić information content (AvgIpc) is 2.60. The fourth-order valence-corrected chi connectivity index (χ4v) is 2.84. The Hall–Kier alpha value is -3.12. The van der Waals surface area contributed by atoms with Crippen LogP contribution in [0.15, 0.2) is 71.5 Å². The van der Waals surface area contributed by atoms with Gasteiger partial charge in [-0.15, -0.1) is 0 Å². The van der Waals surface area contributed by atoms with Gasteiger partial charge in [-0.1, -0.05) is 6.07 Å². The fraction of sp³-hybridized carbons (Fsp3) is 0.150. The molecule has 3 N–H and O–H groups in total. The van der Waals surface area contributed by atoms with Crippen molar-refractivity contribution in [3.8, 4) is 11.5 Å². The van der Waals surface area contributed by atoms with Crippen LogP contribution in [0.25, 0.3) is 0 Å². The number of halogens is 1. The first-order valence-electron chi connectivity index (χ1n) is 8.07. The maximum atomic E-state index is 13.0. The van der Waals surface area contributed by atoms with Crippen LogP contribution >= 0.6 is 0 Å². The summed E-state index contributed by atoms with van der Waals surface area (Å²) in [5.74, 6) is -0.345. The Balaban J connectivity index is 1.93. The van der Waals surface area contributed by atoms with Crippen LogP contribution in [0, 0.1) is 5.82 Å². The molecule has 0 aromatic heterocycles. The molecule has 0 saturated heterocycles. The van der Waals surface area contributed by atoms with E-state index in [0.29, 0.717) is 17.2 Å². The summed E-state index contributed by atoms with van der Waals surface area (Å²) in [6, 6.07) is 12.9. The number of rotatable bonds is 4. The second-order valence-electron chi connectivity index (χ2n) is 6.04. The summed E-state index contributed by atoms with van der Waals surface area (Å²) in [6.07, 6.45) is 0.787. The van der Waals surface area contributed by atoms with Crippen molar-refractivity contribution in [2.24, 2.45) is 5.73 Å². The van der Waals surface area contributed by atoms with E-state index in [1.165, 1.54) is 24.3 Å². The number of aliphatic carboxylic acids is 1. The van der Waals surface area contributed by atoms with Gasteiger partial charge in [-0.2, -0.15) is 0 Å². The average molecular weight is 354 g/mol. The number of nitrogens with two attached hydrogens (primary N) is 1. The molecule has 0 radical (unpaired) electrons. The summed E-state index contributed by atoms with van der Waals surface area (Å²) in [5, 5.41) is 9.40. The molecule has 2 aromatic rings. The summed E-state index contributed by atoms with van der Waals surface area (Å²) < 4.78 is 18.8. The van der Waals surface area contributed by atoms with Crippen LogP contribution in [0.1, 0.15) is 13.8 Å². The minimum absolute atomic E-state index is 0.123. The maximum absolute atomic E-state index is 13.0. The Morgan fingerprint density at radius 3 is 2.50 bits per heavy atom. The van der Waals surface area contributed by atoms with Gasteiger partial charge in [0.05, 0.1) is 5.57 Å². The number of carboxylic acids is 1.